The van der Waals surface area contributed by atoms with Crippen LogP contribution in [0.25, 0.3) is 10.8 Å². The first-order chi connectivity index (χ1) is 9.85. The Bertz CT molecular complexity index is 616. The Hall–Kier alpha value is -1.77. The predicted molar refractivity (Wildman–Crippen MR) is 71.3 cm³/mol. The van der Waals surface area contributed by atoms with Gasteiger partial charge in [0.2, 0.25) is 0 Å². The number of alkyl halides is 3. The number of halogens is 3. The average Bonchev–Trinajstić information content (AvgIpc) is 2.41. The van der Waals surface area contributed by atoms with Crippen LogP contribution in [0.2, 0.25) is 0 Å². The Kier molecular flexibility index (Phi) is 4.71. The lowest BCUT2D eigenvalue weighted by molar-refractivity contribution is -0.186. The second-order valence-corrected chi connectivity index (χ2v) is 4.37. The number of benzene rings is 2. The van der Waals surface area contributed by atoms with Gasteiger partial charge >= 0.3 is 13.3 Å². The standard InChI is InChI=1S/C13H12BF3O4/c15-13(16,17)7-20-8-21-12-4-2-9-5-11(14(18)19)3-1-10(9)6-12/h1-6,18-19H,7-8H2. The van der Waals surface area contributed by atoms with Crippen molar-refractivity contribution in [1.29, 1.82) is 0 Å². The van der Waals surface area contributed by atoms with E-state index in [1.807, 2.05) is 0 Å². The summed E-state index contributed by atoms with van der Waals surface area (Å²) >= 11 is 0. The van der Waals surface area contributed by atoms with E-state index in [0.29, 0.717) is 11.2 Å². The number of hydrogen-bond donors (Lipinski definition) is 2. The SMILES string of the molecule is OB(O)c1ccc2cc(OCOCC(F)(F)F)ccc2c1. The van der Waals surface area contributed by atoms with Crippen LogP contribution >= 0.6 is 0 Å². The Morgan fingerprint density at radius 3 is 2.33 bits per heavy atom. The van der Waals surface area contributed by atoms with E-state index in [-0.39, 0.29) is 0 Å². The summed E-state index contributed by atoms with van der Waals surface area (Å²) < 4.78 is 45.0. The number of fused-ring (bicyclic) bond motifs is 1. The molecular weight excluding hydrogens is 288 g/mol. The highest BCUT2D eigenvalue weighted by Crippen LogP contribution is 2.20. The number of hydrogen-bond acceptors (Lipinski definition) is 4. The fourth-order valence-electron chi connectivity index (χ4n) is 1.76. The lowest BCUT2D eigenvalue weighted by Crippen LogP contribution is -2.29. The van der Waals surface area contributed by atoms with Crippen LogP contribution in [0.3, 0.4) is 0 Å². The minimum atomic E-state index is -4.38. The maximum absolute atomic E-state index is 11.9. The lowest BCUT2D eigenvalue weighted by atomic mass is 9.79. The summed E-state index contributed by atoms with van der Waals surface area (Å²) in [5.74, 6) is 0.363. The first-order valence-corrected chi connectivity index (χ1v) is 6.02. The van der Waals surface area contributed by atoms with E-state index in [9.17, 15) is 13.2 Å². The molecule has 0 unspecified atom stereocenters. The molecule has 0 aliphatic rings. The first kappa shape index (κ1) is 15.6. The van der Waals surface area contributed by atoms with E-state index >= 15 is 0 Å². The van der Waals surface area contributed by atoms with Gasteiger partial charge in [0.1, 0.15) is 12.4 Å². The highest BCUT2D eigenvalue weighted by Gasteiger charge is 2.27. The summed E-state index contributed by atoms with van der Waals surface area (Å²) in [7, 11) is -1.55. The van der Waals surface area contributed by atoms with E-state index in [0.717, 1.165) is 10.8 Å². The fourth-order valence-corrected chi connectivity index (χ4v) is 1.76. The highest BCUT2D eigenvalue weighted by atomic mass is 19.4. The van der Waals surface area contributed by atoms with Crippen LogP contribution in [0.15, 0.2) is 36.4 Å². The average molecular weight is 300 g/mol. The third kappa shape index (κ3) is 4.63. The topological polar surface area (TPSA) is 58.9 Å². The quantitative estimate of drug-likeness (QED) is 0.498. The predicted octanol–water partition coefficient (Wildman–Crippen LogP) is 1.43. The zero-order valence-electron chi connectivity index (χ0n) is 10.8. The van der Waals surface area contributed by atoms with Crippen LogP contribution < -0.4 is 10.2 Å². The van der Waals surface area contributed by atoms with E-state index in [1.165, 1.54) is 6.07 Å². The van der Waals surface area contributed by atoms with Crippen LogP contribution in [0.5, 0.6) is 5.75 Å². The fraction of sp³-hybridized carbons (Fsp3) is 0.231. The first-order valence-electron chi connectivity index (χ1n) is 6.02. The molecule has 4 nitrogen and oxygen atoms in total. The molecule has 0 aliphatic heterocycles. The van der Waals surface area contributed by atoms with Crippen molar-refractivity contribution in [3.63, 3.8) is 0 Å². The van der Waals surface area contributed by atoms with E-state index < -0.39 is 26.7 Å². The van der Waals surface area contributed by atoms with Crippen molar-refractivity contribution in [1.82, 2.24) is 0 Å². The van der Waals surface area contributed by atoms with Crippen LogP contribution in [0.1, 0.15) is 0 Å². The Balaban J connectivity index is 2.01. The second-order valence-electron chi connectivity index (χ2n) is 4.37. The molecule has 0 bridgehead atoms. The van der Waals surface area contributed by atoms with Gasteiger partial charge in [0.25, 0.3) is 0 Å². The Morgan fingerprint density at radius 2 is 1.67 bits per heavy atom. The summed E-state index contributed by atoms with van der Waals surface area (Å²) in [5.41, 5.74) is 0.352. The van der Waals surface area contributed by atoms with Crippen molar-refractivity contribution < 1.29 is 32.7 Å². The minimum absolute atomic E-state index is 0.352. The van der Waals surface area contributed by atoms with E-state index in [4.69, 9.17) is 14.8 Å². The molecule has 0 aliphatic carbocycles. The third-order valence-corrected chi connectivity index (χ3v) is 2.71. The maximum atomic E-state index is 11.9. The van der Waals surface area contributed by atoms with Crippen molar-refractivity contribution in [2.24, 2.45) is 0 Å². The Labute approximate surface area is 118 Å². The van der Waals surface area contributed by atoms with Gasteiger partial charge in [0.05, 0.1) is 0 Å². The van der Waals surface area contributed by atoms with Gasteiger partial charge in [-0.2, -0.15) is 13.2 Å². The molecule has 0 aromatic heterocycles. The van der Waals surface area contributed by atoms with Gasteiger partial charge < -0.3 is 19.5 Å². The highest BCUT2D eigenvalue weighted by molar-refractivity contribution is 6.58. The molecule has 0 saturated carbocycles. The second kappa shape index (κ2) is 6.34. The number of rotatable bonds is 5. The molecule has 21 heavy (non-hydrogen) atoms. The molecule has 0 amide bonds. The summed E-state index contributed by atoms with van der Waals surface area (Å²) in [6.45, 7) is -1.86. The largest absolute Gasteiger partial charge is 0.488 e. The summed E-state index contributed by atoms with van der Waals surface area (Å²) in [6, 6.07) is 9.65. The zero-order valence-corrected chi connectivity index (χ0v) is 10.8. The van der Waals surface area contributed by atoms with Gasteiger partial charge in [-0.25, -0.2) is 0 Å². The summed E-state index contributed by atoms with van der Waals surface area (Å²) in [5, 5.41) is 19.6. The molecule has 2 rings (SSSR count). The van der Waals surface area contributed by atoms with Gasteiger partial charge in [-0.15, -0.1) is 0 Å². The van der Waals surface area contributed by atoms with Gasteiger partial charge in [0, 0.05) is 0 Å². The molecule has 2 aromatic rings. The number of ether oxygens (including phenoxy) is 2. The molecule has 0 radical (unpaired) electrons. The maximum Gasteiger partial charge on any atom is 0.488 e. The molecule has 0 spiro atoms. The van der Waals surface area contributed by atoms with Gasteiger partial charge in [-0.3, -0.25) is 0 Å². The molecule has 0 saturated heterocycles. The van der Waals surface area contributed by atoms with Crippen molar-refractivity contribution >= 4 is 23.4 Å². The molecule has 0 heterocycles. The minimum Gasteiger partial charge on any atom is -0.468 e. The van der Waals surface area contributed by atoms with Crippen LogP contribution in [-0.4, -0.2) is 36.7 Å². The van der Waals surface area contributed by atoms with Crippen LogP contribution in [0, 0.1) is 0 Å². The summed E-state index contributed by atoms with van der Waals surface area (Å²) in [4.78, 5) is 0. The molecular formula is C13H12BF3O4. The molecule has 0 atom stereocenters. The van der Waals surface area contributed by atoms with Gasteiger partial charge in [0.15, 0.2) is 6.79 Å². The molecule has 112 valence electrons. The molecule has 0 fully saturated rings. The van der Waals surface area contributed by atoms with Gasteiger partial charge in [-0.1, -0.05) is 24.3 Å². The van der Waals surface area contributed by atoms with Crippen LogP contribution in [-0.2, 0) is 4.74 Å². The van der Waals surface area contributed by atoms with Crippen molar-refractivity contribution in [3.05, 3.63) is 36.4 Å². The van der Waals surface area contributed by atoms with Gasteiger partial charge in [-0.05, 0) is 28.4 Å². The lowest BCUT2D eigenvalue weighted by Gasteiger charge is -2.10. The third-order valence-electron chi connectivity index (χ3n) is 2.71. The molecule has 8 heteroatoms. The molecule has 2 aromatic carbocycles. The van der Waals surface area contributed by atoms with E-state index in [2.05, 4.69) is 4.74 Å². The smallest absolute Gasteiger partial charge is 0.468 e. The van der Waals surface area contributed by atoms with Crippen molar-refractivity contribution in [3.8, 4) is 5.75 Å². The monoisotopic (exact) mass is 300 g/mol. The van der Waals surface area contributed by atoms with Crippen molar-refractivity contribution in [2.75, 3.05) is 13.4 Å². The normalized spacial score (nSPS) is 11.7. The van der Waals surface area contributed by atoms with E-state index in [1.54, 1.807) is 30.3 Å². The Morgan fingerprint density at radius 1 is 1.00 bits per heavy atom. The van der Waals surface area contributed by atoms with Crippen LogP contribution in [0.4, 0.5) is 13.2 Å². The van der Waals surface area contributed by atoms with Crippen molar-refractivity contribution in [2.45, 2.75) is 6.18 Å². The molecule has 2 N–H and O–H groups in total. The summed E-state index contributed by atoms with van der Waals surface area (Å²) in [6.07, 6.45) is -4.38. The zero-order chi connectivity index (χ0) is 15.5.